The second kappa shape index (κ2) is 12.8. The van der Waals surface area contributed by atoms with Gasteiger partial charge in [-0.2, -0.15) is 0 Å². The van der Waals surface area contributed by atoms with E-state index in [1.165, 1.54) is 0 Å². The minimum atomic E-state index is 0.568. The van der Waals surface area contributed by atoms with E-state index in [9.17, 15) is 0 Å². The first-order valence-corrected chi connectivity index (χ1v) is 17.6. The third kappa shape index (κ3) is 5.61. The Labute approximate surface area is 305 Å². The molecular formula is C48H30N4O. The SMILES string of the molecule is c1ccc(-c2ccc(-c3nc(-c4ccc(-c5ccccc5)cc4)nc(-c4ccc5c(c4)nc(-c4ccccc4)c4c6ccccc6oc54)n3)cc2)cc1. The van der Waals surface area contributed by atoms with Crippen LogP contribution in [0.5, 0.6) is 0 Å². The Morgan fingerprint density at radius 2 is 0.755 bits per heavy atom. The summed E-state index contributed by atoms with van der Waals surface area (Å²) in [6.07, 6.45) is 0. The third-order valence-electron chi connectivity index (χ3n) is 9.75. The van der Waals surface area contributed by atoms with Gasteiger partial charge in [-0.25, -0.2) is 19.9 Å². The quantitative estimate of drug-likeness (QED) is 0.175. The number of rotatable bonds is 6. The molecule has 0 aliphatic carbocycles. The average molecular weight is 679 g/mol. The van der Waals surface area contributed by atoms with Crippen molar-refractivity contribution >= 4 is 32.8 Å². The van der Waals surface area contributed by atoms with Gasteiger partial charge in [-0.15, -0.1) is 0 Å². The fourth-order valence-corrected chi connectivity index (χ4v) is 7.05. The van der Waals surface area contributed by atoms with Crippen LogP contribution < -0.4 is 0 Å². The molecule has 0 saturated carbocycles. The summed E-state index contributed by atoms with van der Waals surface area (Å²) < 4.78 is 6.53. The number of aromatic nitrogens is 4. The van der Waals surface area contributed by atoms with E-state index in [2.05, 4.69) is 133 Å². The van der Waals surface area contributed by atoms with Gasteiger partial charge in [0.2, 0.25) is 0 Å². The fourth-order valence-electron chi connectivity index (χ4n) is 7.05. The van der Waals surface area contributed by atoms with Crippen molar-refractivity contribution < 1.29 is 4.42 Å². The van der Waals surface area contributed by atoms with Gasteiger partial charge in [-0.3, -0.25) is 0 Å². The van der Waals surface area contributed by atoms with Crippen molar-refractivity contribution in [2.75, 3.05) is 0 Å². The fraction of sp³-hybridized carbons (Fsp3) is 0. The van der Waals surface area contributed by atoms with Crippen molar-refractivity contribution in [2.24, 2.45) is 0 Å². The van der Waals surface area contributed by atoms with Gasteiger partial charge >= 0.3 is 0 Å². The molecular weight excluding hydrogens is 649 g/mol. The first kappa shape index (κ1) is 30.6. The molecule has 0 aliphatic rings. The molecule has 0 saturated heterocycles. The summed E-state index contributed by atoms with van der Waals surface area (Å²) in [5.41, 5.74) is 11.6. The molecule has 3 heterocycles. The van der Waals surface area contributed by atoms with Gasteiger partial charge in [0.15, 0.2) is 17.5 Å². The monoisotopic (exact) mass is 678 g/mol. The predicted molar refractivity (Wildman–Crippen MR) is 215 cm³/mol. The molecule has 0 radical (unpaired) electrons. The number of pyridine rings is 1. The highest BCUT2D eigenvalue weighted by atomic mass is 16.3. The van der Waals surface area contributed by atoms with E-state index in [1.54, 1.807) is 0 Å². The van der Waals surface area contributed by atoms with Gasteiger partial charge in [0.25, 0.3) is 0 Å². The summed E-state index contributed by atoms with van der Waals surface area (Å²) in [7, 11) is 0. The Kier molecular flexibility index (Phi) is 7.40. The van der Waals surface area contributed by atoms with Crippen molar-refractivity contribution in [3.8, 4) is 67.7 Å². The van der Waals surface area contributed by atoms with Crippen molar-refractivity contribution in [3.05, 3.63) is 182 Å². The van der Waals surface area contributed by atoms with Gasteiger partial charge in [0.05, 0.1) is 16.6 Å². The second-order valence-electron chi connectivity index (χ2n) is 13.1. The van der Waals surface area contributed by atoms with Gasteiger partial charge in [0.1, 0.15) is 11.2 Å². The molecule has 5 heteroatoms. The van der Waals surface area contributed by atoms with E-state index in [-0.39, 0.29) is 0 Å². The summed E-state index contributed by atoms with van der Waals surface area (Å²) in [5.74, 6) is 1.77. The maximum Gasteiger partial charge on any atom is 0.164 e. The van der Waals surface area contributed by atoms with Crippen LogP contribution in [0.15, 0.2) is 186 Å². The highest BCUT2D eigenvalue weighted by Gasteiger charge is 2.19. The number of hydrogen-bond donors (Lipinski definition) is 0. The Morgan fingerprint density at radius 3 is 1.32 bits per heavy atom. The van der Waals surface area contributed by atoms with E-state index < -0.39 is 0 Å². The van der Waals surface area contributed by atoms with Crippen LogP contribution in [-0.4, -0.2) is 19.9 Å². The molecule has 0 amide bonds. The molecule has 5 nitrogen and oxygen atoms in total. The summed E-state index contributed by atoms with van der Waals surface area (Å²) in [6.45, 7) is 0. The first-order valence-electron chi connectivity index (χ1n) is 17.6. The van der Waals surface area contributed by atoms with Gasteiger partial charge in [-0.1, -0.05) is 164 Å². The maximum atomic E-state index is 6.53. The Balaban J connectivity index is 1.14. The summed E-state index contributed by atoms with van der Waals surface area (Å²) >= 11 is 0. The van der Waals surface area contributed by atoms with Crippen LogP contribution in [0.2, 0.25) is 0 Å². The lowest BCUT2D eigenvalue weighted by atomic mass is 10.0. The number of hydrogen-bond acceptors (Lipinski definition) is 5. The van der Waals surface area contributed by atoms with Crippen LogP contribution in [0.1, 0.15) is 0 Å². The zero-order chi connectivity index (χ0) is 35.1. The van der Waals surface area contributed by atoms with Gasteiger partial charge < -0.3 is 4.42 Å². The van der Waals surface area contributed by atoms with Crippen LogP contribution in [-0.2, 0) is 0 Å². The molecule has 10 aromatic rings. The van der Waals surface area contributed by atoms with E-state index in [4.69, 9.17) is 24.4 Å². The Morgan fingerprint density at radius 1 is 0.321 bits per heavy atom. The number of nitrogens with zero attached hydrogens (tertiary/aromatic N) is 4. The summed E-state index contributed by atoms with van der Waals surface area (Å²) in [5, 5.41) is 2.99. The molecule has 0 aliphatic heterocycles. The standard InChI is InChI=1S/C48H30N4O/c1-4-12-31(13-5-1)33-20-24-36(25-21-33)46-50-47(37-26-22-34(23-27-37)32-14-6-2-7-15-32)52-48(51-46)38-28-29-39-41(30-38)49-44(35-16-8-3-9-17-35)43-40-18-10-11-19-42(40)53-45(39)43/h1-30H. The lowest BCUT2D eigenvalue weighted by Gasteiger charge is -2.11. The molecule has 0 spiro atoms. The summed E-state index contributed by atoms with van der Waals surface area (Å²) in [4.78, 5) is 20.5. The second-order valence-corrected chi connectivity index (χ2v) is 13.1. The smallest absolute Gasteiger partial charge is 0.164 e. The number of fused-ring (bicyclic) bond motifs is 5. The topological polar surface area (TPSA) is 64.7 Å². The largest absolute Gasteiger partial charge is 0.455 e. The van der Waals surface area contributed by atoms with E-state index in [0.717, 1.165) is 83.0 Å². The van der Waals surface area contributed by atoms with Gasteiger partial charge in [0, 0.05) is 33.0 Å². The number of furan rings is 1. The van der Waals surface area contributed by atoms with Crippen LogP contribution in [0.4, 0.5) is 0 Å². The highest BCUT2D eigenvalue weighted by molar-refractivity contribution is 6.19. The Bertz CT molecular complexity index is 2800. The minimum Gasteiger partial charge on any atom is -0.455 e. The predicted octanol–water partition coefficient (Wildman–Crippen LogP) is 12.3. The molecule has 0 bridgehead atoms. The molecule has 248 valence electrons. The van der Waals surface area contributed by atoms with Crippen LogP contribution in [0.3, 0.4) is 0 Å². The summed E-state index contributed by atoms with van der Waals surface area (Å²) in [6, 6.07) is 62.1. The first-order chi connectivity index (χ1) is 26.2. The molecule has 3 aromatic heterocycles. The molecule has 0 unspecified atom stereocenters. The average Bonchev–Trinajstić information content (AvgIpc) is 3.64. The zero-order valence-electron chi connectivity index (χ0n) is 28.5. The number of benzene rings is 7. The van der Waals surface area contributed by atoms with Crippen molar-refractivity contribution in [3.63, 3.8) is 0 Å². The highest BCUT2D eigenvalue weighted by Crippen LogP contribution is 2.40. The molecule has 0 atom stereocenters. The molecule has 10 rings (SSSR count). The molecule has 0 fully saturated rings. The Hall–Kier alpha value is -7.24. The van der Waals surface area contributed by atoms with E-state index in [1.807, 2.05) is 48.5 Å². The van der Waals surface area contributed by atoms with E-state index in [0.29, 0.717) is 17.5 Å². The van der Waals surface area contributed by atoms with Crippen molar-refractivity contribution in [2.45, 2.75) is 0 Å². The van der Waals surface area contributed by atoms with E-state index >= 15 is 0 Å². The van der Waals surface area contributed by atoms with Crippen LogP contribution >= 0.6 is 0 Å². The lowest BCUT2D eigenvalue weighted by Crippen LogP contribution is -2.00. The molecule has 53 heavy (non-hydrogen) atoms. The third-order valence-corrected chi connectivity index (χ3v) is 9.75. The zero-order valence-corrected chi connectivity index (χ0v) is 28.5. The van der Waals surface area contributed by atoms with Crippen LogP contribution in [0, 0.1) is 0 Å². The molecule has 7 aromatic carbocycles. The molecule has 0 N–H and O–H groups in total. The van der Waals surface area contributed by atoms with Crippen molar-refractivity contribution in [1.29, 1.82) is 0 Å². The van der Waals surface area contributed by atoms with Gasteiger partial charge in [-0.05, 0) is 40.5 Å². The lowest BCUT2D eigenvalue weighted by molar-refractivity contribution is 0.672. The van der Waals surface area contributed by atoms with Crippen LogP contribution in [0.25, 0.3) is 101 Å². The maximum absolute atomic E-state index is 6.53. The number of para-hydroxylation sites is 1. The normalized spacial score (nSPS) is 11.4. The van der Waals surface area contributed by atoms with Crippen molar-refractivity contribution in [1.82, 2.24) is 19.9 Å². The minimum absolute atomic E-state index is 0.568.